The van der Waals surface area contributed by atoms with Crippen molar-refractivity contribution in [1.82, 2.24) is 0 Å². The van der Waals surface area contributed by atoms with Gasteiger partial charge in [-0.15, -0.1) is 46.2 Å². The van der Waals surface area contributed by atoms with Crippen molar-refractivity contribution in [3.8, 4) is 0 Å². The Balaban J connectivity index is 0.000000199. The molecule has 0 bridgehead atoms. The Kier molecular flexibility index (Phi) is 14.1. The number of fused-ring (bicyclic) bond motifs is 5. The van der Waals surface area contributed by atoms with Gasteiger partial charge in [-0.25, -0.2) is 12.2 Å². The minimum Gasteiger partial charge on any atom is -1.00 e. The maximum Gasteiger partial charge on any atom is -0.109 e. The average Bonchev–Trinajstić information content (AvgIpc) is 3.79. The SMILES string of the molecule is CC(C)(C)c1ccc2c(c1)[cH-]c1cc(C(C)(C)C)ccc12.Clc1cccc2c([C](=[Zr+2])c3cccc4c(Cl)cccc34)cccc12.[C-]1=CC=CC1.[Cl-].[Cl-]. The zero-order chi connectivity index (χ0) is 35.6. The van der Waals surface area contributed by atoms with E-state index < -0.39 is 0 Å². The second kappa shape index (κ2) is 17.5. The van der Waals surface area contributed by atoms with Crippen LogP contribution >= 0.6 is 23.2 Å². The summed E-state index contributed by atoms with van der Waals surface area (Å²) in [4.78, 5) is 0. The Bertz CT molecular complexity index is 2250. The smallest absolute Gasteiger partial charge is 0.109 e. The molecule has 52 heavy (non-hydrogen) atoms. The first-order valence-corrected chi connectivity index (χ1v) is 19.1. The van der Waals surface area contributed by atoms with E-state index in [4.69, 9.17) is 23.2 Å². The Morgan fingerprint density at radius 3 is 1.37 bits per heavy atom. The van der Waals surface area contributed by atoms with Crippen LogP contribution in [0.2, 0.25) is 10.0 Å². The van der Waals surface area contributed by atoms with Gasteiger partial charge >= 0.3 is 166 Å². The van der Waals surface area contributed by atoms with E-state index >= 15 is 0 Å². The molecule has 0 heterocycles. The van der Waals surface area contributed by atoms with Gasteiger partial charge in [0.05, 0.1) is 0 Å². The summed E-state index contributed by atoms with van der Waals surface area (Å²) in [5.41, 5.74) is 5.69. The summed E-state index contributed by atoms with van der Waals surface area (Å²) < 4.78 is 1.31. The van der Waals surface area contributed by atoms with Crippen molar-refractivity contribution in [2.24, 2.45) is 0 Å². The van der Waals surface area contributed by atoms with Crippen molar-refractivity contribution in [2.75, 3.05) is 0 Å². The van der Waals surface area contributed by atoms with Crippen LogP contribution in [-0.4, -0.2) is 3.21 Å². The number of halogens is 4. The van der Waals surface area contributed by atoms with Crippen LogP contribution in [0.5, 0.6) is 0 Å². The third-order valence-electron chi connectivity index (χ3n) is 9.30. The van der Waals surface area contributed by atoms with Gasteiger partial charge in [-0.1, -0.05) is 76.9 Å². The fourth-order valence-electron chi connectivity index (χ4n) is 6.42. The van der Waals surface area contributed by atoms with Gasteiger partial charge in [0.1, 0.15) is 0 Å². The van der Waals surface area contributed by atoms with Crippen molar-refractivity contribution in [3.05, 3.63) is 172 Å². The summed E-state index contributed by atoms with van der Waals surface area (Å²) in [6.07, 6.45) is 10.0. The van der Waals surface area contributed by atoms with Crippen LogP contribution in [0.1, 0.15) is 70.2 Å². The van der Waals surface area contributed by atoms with Gasteiger partial charge in [-0.2, -0.15) is 6.08 Å². The van der Waals surface area contributed by atoms with Crippen molar-refractivity contribution in [1.29, 1.82) is 0 Å². The fraction of sp³-hybridized carbons (Fsp3) is 0.191. The van der Waals surface area contributed by atoms with Gasteiger partial charge in [-0.05, 0) is 10.8 Å². The number of hydrogen-bond acceptors (Lipinski definition) is 0. The molecule has 0 amide bonds. The van der Waals surface area contributed by atoms with Gasteiger partial charge in [0, 0.05) is 0 Å². The van der Waals surface area contributed by atoms with E-state index in [0.29, 0.717) is 0 Å². The molecule has 8 rings (SSSR count). The predicted molar refractivity (Wildman–Crippen MR) is 217 cm³/mol. The van der Waals surface area contributed by atoms with E-state index in [-0.39, 0.29) is 35.6 Å². The second-order valence-electron chi connectivity index (χ2n) is 14.9. The Morgan fingerprint density at radius 2 is 1.00 bits per heavy atom. The molecule has 0 nitrogen and oxygen atoms in total. The van der Waals surface area contributed by atoms with Crippen LogP contribution in [0.4, 0.5) is 0 Å². The second-order valence-corrected chi connectivity index (χ2v) is 17.0. The number of rotatable bonds is 2. The Hall–Kier alpha value is -2.90. The molecule has 264 valence electrons. The van der Waals surface area contributed by atoms with E-state index in [2.05, 4.69) is 145 Å². The predicted octanol–water partition coefficient (Wildman–Crippen LogP) is 8.04. The number of benzene rings is 6. The largest absolute Gasteiger partial charge is 1.00 e. The quantitative estimate of drug-likeness (QED) is 0.155. The van der Waals surface area contributed by atoms with E-state index in [9.17, 15) is 0 Å². The molecule has 7 aromatic rings. The molecule has 0 saturated heterocycles. The summed E-state index contributed by atoms with van der Waals surface area (Å²) in [7, 11) is 0. The molecule has 0 saturated carbocycles. The van der Waals surface area contributed by atoms with Gasteiger partial charge < -0.3 is 24.8 Å². The number of allylic oxidation sites excluding steroid dienone is 4. The van der Waals surface area contributed by atoms with E-state index in [1.807, 2.05) is 36.4 Å². The van der Waals surface area contributed by atoms with E-state index in [1.54, 1.807) is 0 Å². The van der Waals surface area contributed by atoms with Crippen LogP contribution in [0, 0.1) is 6.08 Å². The monoisotopic (exact) mass is 836 g/mol. The van der Waals surface area contributed by atoms with Crippen molar-refractivity contribution >= 4 is 69.5 Å². The molecule has 0 aliphatic heterocycles. The van der Waals surface area contributed by atoms with Crippen LogP contribution in [0.3, 0.4) is 0 Å². The molecule has 0 radical (unpaired) electrons. The molecule has 0 fully saturated rings. The first-order chi connectivity index (χ1) is 23.8. The van der Waals surface area contributed by atoms with Crippen molar-refractivity contribution in [2.45, 2.75) is 58.8 Å². The Morgan fingerprint density at radius 1 is 0.577 bits per heavy atom. The molecule has 5 heteroatoms. The molecular weight excluding hydrogens is 798 g/mol. The molecule has 0 spiro atoms. The van der Waals surface area contributed by atoms with Crippen LogP contribution < -0.4 is 24.8 Å². The van der Waals surface area contributed by atoms with E-state index in [1.165, 1.54) is 82.0 Å². The topological polar surface area (TPSA) is 0 Å². The molecule has 0 N–H and O–H groups in total. The molecule has 0 atom stereocenters. The maximum atomic E-state index is 6.38. The van der Waals surface area contributed by atoms with Crippen LogP contribution in [0.15, 0.2) is 133 Å². The van der Waals surface area contributed by atoms with Crippen LogP contribution in [0.25, 0.3) is 43.1 Å². The normalized spacial score (nSPS) is 12.2. The molecular formula is C47H42Cl4Zr-2. The molecule has 1 aliphatic rings. The third kappa shape index (κ3) is 9.24. The zero-order valence-electron chi connectivity index (χ0n) is 30.4. The van der Waals surface area contributed by atoms with Gasteiger partial charge in [0.15, 0.2) is 0 Å². The zero-order valence-corrected chi connectivity index (χ0v) is 35.9. The summed E-state index contributed by atoms with van der Waals surface area (Å²) in [6.45, 7) is 13.6. The molecule has 0 aromatic heterocycles. The third-order valence-corrected chi connectivity index (χ3v) is 11.3. The number of hydrogen-bond donors (Lipinski definition) is 0. The van der Waals surface area contributed by atoms with E-state index in [0.717, 1.165) is 27.2 Å². The summed E-state index contributed by atoms with van der Waals surface area (Å²) >= 11 is 14.1. The van der Waals surface area contributed by atoms with Gasteiger partial charge in [0.25, 0.3) is 0 Å². The standard InChI is InChI=1S/C21H12Cl2.C21H25.C5H5.2ClH.Zr/c22-20-11-3-7-16-14(5-1-9-18(16)20)13-15-6-2-10-19-17(15)8-4-12-21(19)23;1-20(2,3)16-7-9-18-14(12-16)11-15-13-17(21(4,5)6)8-10-19(15)18;1-2-4-5-3-1;;;/h1-12H;7-13H,1-6H3;1-3H,4H2;2*1H;/q;2*-1;;;+2/p-2. The minimum absolute atomic E-state index is 0. The summed E-state index contributed by atoms with van der Waals surface area (Å²) in [5, 5.41) is 11.6. The maximum absolute atomic E-state index is 6.38. The van der Waals surface area contributed by atoms with Gasteiger partial charge in [-0.3, -0.25) is 6.08 Å². The van der Waals surface area contributed by atoms with Crippen molar-refractivity contribution in [3.63, 3.8) is 0 Å². The van der Waals surface area contributed by atoms with Crippen molar-refractivity contribution < 1.29 is 49.0 Å². The molecule has 1 aliphatic carbocycles. The minimum atomic E-state index is 0. The molecule has 0 unspecified atom stereocenters. The Labute approximate surface area is 346 Å². The first kappa shape index (κ1) is 41.9. The first-order valence-electron chi connectivity index (χ1n) is 17.1. The van der Waals surface area contributed by atoms with Crippen LogP contribution in [-0.2, 0) is 35.1 Å². The summed E-state index contributed by atoms with van der Waals surface area (Å²) in [6, 6.07) is 41.0. The fourth-order valence-corrected chi connectivity index (χ4v) is 7.97. The average molecular weight is 840 g/mol. The summed E-state index contributed by atoms with van der Waals surface area (Å²) in [5.74, 6) is 0. The molecule has 7 aromatic carbocycles. The van der Waals surface area contributed by atoms with Gasteiger partial charge in [0.2, 0.25) is 0 Å².